The number of nitrogens with zero attached hydrogens (tertiary/aromatic N) is 1. The van der Waals surface area contributed by atoms with Gasteiger partial charge in [0.15, 0.2) is 6.23 Å². The molecule has 0 aromatic heterocycles. The summed E-state index contributed by atoms with van der Waals surface area (Å²) in [4.78, 5) is 37.8. The molecule has 0 aliphatic carbocycles. The molecule has 2 aromatic rings. The molecule has 0 N–H and O–H groups in total. The lowest BCUT2D eigenvalue weighted by atomic mass is 9.93. The summed E-state index contributed by atoms with van der Waals surface area (Å²) in [6.45, 7) is 5.83. The lowest BCUT2D eigenvalue weighted by Crippen LogP contribution is -2.48. The second-order valence-electron chi connectivity index (χ2n) is 8.18. The molecule has 0 unspecified atom stereocenters. The first-order valence-electron chi connectivity index (χ1n) is 9.53. The fourth-order valence-electron chi connectivity index (χ4n) is 3.27. The Morgan fingerprint density at radius 2 is 1.72 bits per heavy atom. The van der Waals surface area contributed by atoms with E-state index in [-0.39, 0.29) is 13.0 Å². The average Bonchev–Trinajstić information content (AvgIpc) is 3.04. The molecule has 29 heavy (non-hydrogen) atoms. The first kappa shape index (κ1) is 20.6. The first-order chi connectivity index (χ1) is 13.8. The molecule has 2 aromatic carbocycles. The van der Waals surface area contributed by atoms with Crippen LogP contribution in [0.2, 0.25) is 0 Å². The zero-order valence-electron chi connectivity index (χ0n) is 16.8. The maximum Gasteiger partial charge on any atom is 0.413 e. The maximum absolute atomic E-state index is 12.9. The van der Waals surface area contributed by atoms with Crippen LogP contribution >= 0.6 is 0 Å². The van der Waals surface area contributed by atoms with Crippen molar-refractivity contribution in [3.8, 4) is 0 Å². The highest BCUT2D eigenvalue weighted by atomic mass is 16.6. The monoisotopic (exact) mass is 395 g/mol. The normalized spacial score (nSPS) is 19.0. The van der Waals surface area contributed by atoms with Crippen LogP contribution in [-0.4, -0.2) is 35.5 Å². The zero-order valence-corrected chi connectivity index (χ0v) is 16.8. The Hall–Kier alpha value is -3.15. The molecule has 1 fully saturated rings. The number of carbonyl (C=O) groups is 3. The average molecular weight is 395 g/mol. The van der Waals surface area contributed by atoms with Crippen molar-refractivity contribution < 1.29 is 23.9 Å². The van der Waals surface area contributed by atoms with Crippen molar-refractivity contribution in [2.24, 2.45) is 5.41 Å². The minimum absolute atomic E-state index is 0.113. The molecule has 0 saturated carbocycles. The van der Waals surface area contributed by atoms with E-state index in [1.54, 1.807) is 24.3 Å². The smallest absolute Gasteiger partial charge is 0.413 e. The number of hydrogen-bond donors (Lipinski definition) is 0. The van der Waals surface area contributed by atoms with Crippen LogP contribution in [0.5, 0.6) is 0 Å². The van der Waals surface area contributed by atoms with E-state index in [2.05, 4.69) is 0 Å². The van der Waals surface area contributed by atoms with Gasteiger partial charge in [-0.1, -0.05) is 75.4 Å². The first-order valence-corrected chi connectivity index (χ1v) is 9.53. The van der Waals surface area contributed by atoms with Gasteiger partial charge in [0, 0.05) is 17.4 Å². The van der Waals surface area contributed by atoms with Gasteiger partial charge in [0.1, 0.15) is 18.9 Å². The van der Waals surface area contributed by atoms with E-state index in [0.717, 1.165) is 17.4 Å². The third-order valence-corrected chi connectivity index (χ3v) is 4.79. The van der Waals surface area contributed by atoms with Gasteiger partial charge in [-0.05, 0) is 11.1 Å². The van der Waals surface area contributed by atoms with Crippen LogP contribution in [0.4, 0.5) is 4.79 Å². The van der Waals surface area contributed by atoms with Crippen LogP contribution in [0.1, 0.15) is 42.3 Å². The molecule has 152 valence electrons. The van der Waals surface area contributed by atoms with Gasteiger partial charge >= 0.3 is 12.1 Å². The number of ether oxygens (including phenoxy) is 2. The van der Waals surface area contributed by atoms with Crippen LogP contribution in [-0.2, 0) is 27.3 Å². The summed E-state index contributed by atoms with van der Waals surface area (Å²) >= 11 is 0. The van der Waals surface area contributed by atoms with Crippen LogP contribution < -0.4 is 0 Å². The van der Waals surface area contributed by atoms with E-state index in [4.69, 9.17) is 9.47 Å². The van der Waals surface area contributed by atoms with E-state index < -0.39 is 29.7 Å². The Morgan fingerprint density at radius 3 is 2.31 bits per heavy atom. The van der Waals surface area contributed by atoms with E-state index in [1.165, 1.54) is 4.90 Å². The quantitative estimate of drug-likeness (QED) is 0.566. The van der Waals surface area contributed by atoms with E-state index in [9.17, 15) is 14.4 Å². The molecule has 1 aliphatic rings. The predicted octanol–water partition coefficient (Wildman–Crippen LogP) is 3.98. The van der Waals surface area contributed by atoms with Gasteiger partial charge in [0.2, 0.25) is 0 Å². The zero-order chi connectivity index (χ0) is 21.0. The predicted molar refractivity (Wildman–Crippen MR) is 107 cm³/mol. The van der Waals surface area contributed by atoms with Gasteiger partial charge in [0.25, 0.3) is 0 Å². The van der Waals surface area contributed by atoms with Gasteiger partial charge in [-0.3, -0.25) is 9.69 Å². The Morgan fingerprint density at radius 1 is 1.07 bits per heavy atom. The highest BCUT2D eigenvalue weighted by Crippen LogP contribution is 2.34. The summed E-state index contributed by atoms with van der Waals surface area (Å²) in [6, 6.07) is 15.5. The molecule has 0 spiro atoms. The fourth-order valence-corrected chi connectivity index (χ4v) is 3.27. The van der Waals surface area contributed by atoms with Crippen molar-refractivity contribution in [3.63, 3.8) is 0 Å². The molecule has 1 amide bonds. The molecule has 1 saturated heterocycles. The van der Waals surface area contributed by atoms with E-state index in [0.29, 0.717) is 5.56 Å². The van der Waals surface area contributed by atoms with Gasteiger partial charge in [-0.25, -0.2) is 9.59 Å². The Labute approximate surface area is 170 Å². The Kier molecular flexibility index (Phi) is 6.01. The molecule has 1 heterocycles. The van der Waals surface area contributed by atoms with E-state index >= 15 is 0 Å². The summed E-state index contributed by atoms with van der Waals surface area (Å²) < 4.78 is 11.1. The van der Waals surface area contributed by atoms with Gasteiger partial charge in [0.05, 0.1) is 0 Å². The number of rotatable bonds is 5. The molecule has 6 heteroatoms. The number of carbonyl (C=O) groups excluding carboxylic acids is 3. The van der Waals surface area contributed by atoms with Crippen molar-refractivity contribution in [1.29, 1.82) is 0 Å². The minimum atomic E-state index is -0.787. The SMILES string of the molecule is CC(C)(C)[C@@H]1OC(=O)[C@H](Cc2ccc(C=O)cc2)N1C(=O)OCc1ccccc1. The fraction of sp³-hybridized carbons (Fsp3) is 0.348. The second kappa shape index (κ2) is 8.47. The third-order valence-electron chi connectivity index (χ3n) is 4.79. The molecule has 2 atom stereocenters. The largest absolute Gasteiger partial charge is 0.444 e. The summed E-state index contributed by atoms with van der Waals surface area (Å²) in [5, 5.41) is 0. The molecular weight excluding hydrogens is 370 g/mol. The van der Waals surface area contributed by atoms with Crippen LogP contribution in [0.25, 0.3) is 0 Å². The number of aldehydes is 1. The minimum Gasteiger partial charge on any atom is -0.444 e. The summed E-state index contributed by atoms with van der Waals surface area (Å²) in [6.07, 6.45) is -0.270. The third kappa shape index (κ3) is 4.83. The van der Waals surface area contributed by atoms with E-state index in [1.807, 2.05) is 51.1 Å². The van der Waals surface area contributed by atoms with Crippen molar-refractivity contribution in [2.75, 3.05) is 0 Å². The second-order valence-corrected chi connectivity index (χ2v) is 8.18. The van der Waals surface area contributed by atoms with Gasteiger partial charge in [-0.15, -0.1) is 0 Å². The maximum atomic E-state index is 12.9. The van der Waals surface area contributed by atoms with Crippen LogP contribution in [0.3, 0.4) is 0 Å². The molecular formula is C23H25NO5. The van der Waals surface area contributed by atoms with Crippen molar-refractivity contribution in [2.45, 2.75) is 46.1 Å². The van der Waals surface area contributed by atoms with Crippen LogP contribution in [0, 0.1) is 5.41 Å². The summed E-state index contributed by atoms with van der Waals surface area (Å²) in [5.41, 5.74) is 1.76. The Balaban J connectivity index is 1.80. The standard InChI is InChI=1S/C23H25NO5/c1-23(2,3)21-24(22(27)28-15-18-7-5-4-6-8-18)19(20(26)29-21)13-16-9-11-17(14-25)12-10-16/h4-12,14,19,21H,13,15H2,1-3H3/t19-,21-/m0/s1. The van der Waals surface area contributed by atoms with Gasteiger partial charge < -0.3 is 9.47 Å². The number of amides is 1. The van der Waals surface area contributed by atoms with Crippen LogP contribution in [0.15, 0.2) is 54.6 Å². The number of esters is 1. The molecule has 0 radical (unpaired) electrons. The Bertz CT molecular complexity index is 870. The lowest BCUT2D eigenvalue weighted by Gasteiger charge is -2.33. The topological polar surface area (TPSA) is 72.9 Å². The summed E-state index contributed by atoms with van der Waals surface area (Å²) in [7, 11) is 0. The van der Waals surface area contributed by atoms with Crippen molar-refractivity contribution >= 4 is 18.3 Å². The number of hydrogen-bond acceptors (Lipinski definition) is 5. The number of cyclic esters (lactones) is 1. The lowest BCUT2D eigenvalue weighted by molar-refractivity contribution is -0.147. The van der Waals surface area contributed by atoms with Gasteiger partial charge in [-0.2, -0.15) is 0 Å². The molecule has 6 nitrogen and oxygen atoms in total. The molecule has 3 rings (SSSR count). The van der Waals surface area contributed by atoms with Crippen molar-refractivity contribution in [1.82, 2.24) is 4.90 Å². The highest BCUT2D eigenvalue weighted by Gasteiger charge is 2.50. The molecule has 1 aliphatic heterocycles. The number of benzene rings is 2. The summed E-state index contributed by atoms with van der Waals surface area (Å²) in [5.74, 6) is -0.457. The van der Waals surface area contributed by atoms with Crippen molar-refractivity contribution in [3.05, 3.63) is 71.3 Å². The molecule has 0 bridgehead atoms. The highest BCUT2D eigenvalue weighted by molar-refractivity contribution is 5.85.